The summed E-state index contributed by atoms with van der Waals surface area (Å²) in [5, 5.41) is 3.44. The summed E-state index contributed by atoms with van der Waals surface area (Å²) in [7, 11) is 0. The smallest absolute Gasteiger partial charge is 0.211 e. The molecule has 0 aromatic carbocycles. The first-order valence-electron chi connectivity index (χ1n) is 6.14. The highest BCUT2D eigenvalue weighted by atomic mass is 16.4. The summed E-state index contributed by atoms with van der Waals surface area (Å²) in [6.45, 7) is 8.66. The van der Waals surface area contributed by atoms with E-state index < -0.39 is 0 Å². The number of nitrogens with zero attached hydrogens (tertiary/aromatic N) is 2. The molecule has 2 rings (SSSR count). The largest absolute Gasteiger partial charge is 0.444 e. The van der Waals surface area contributed by atoms with Gasteiger partial charge in [0, 0.05) is 13.1 Å². The second-order valence-corrected chi connectivity index (χ2v) is 4.53. The van der Waals surface area contributed by atoms with Gasteiger partial charge in [-0.3, -0.25) is 0 Å². The van der Waals surface area contributed by atoms with Crippen molar-refractivity contribution in [2.45, 2.75) is 32.7 Å². The van der Waals surface area contributed by atoms with Gasteiger partial charge in [-0.1, -0.05) is 0 Å². The van der Waals surface area contributed by atoms with E-state index in [9.17, 15) is 0 Å². The molecule has 0 spiro atoms. The van der Waals surface area contributed by atoms with Gasteiger partial charge in [-0.15, -0.1) is 0 Å². The van der Waals surface area contributed by atoms with Crippen molar-refractivity contribution < 1.29 is 4.42 Å². The first-order chi connectivity index (χ1) is 7.75. The molecule has 1 saturated heterocycles. The van der Waals surface area contributed by atoms with Gasteiger partial charge in [0.25, 0.3) is 0 Å². The predicted octanol–water partition coefficient (Wildman–Crippen LogP) is 1.73. The fourth-order valence-corrected chi connectivity index (χ4v) is 2.11. The number of nitrogens with one attached hydrogen (secondary N) is 1. The summed E-state index contributed by atoms with van der Waals surface area (Å²) in [5.41, 5.74) is 0. The number of aryl methyl sites for hydroxylation is 1. The number of aromatic nitrogens is 1. The molecule has 4 heteroatoms. The Labute approximate surface area is 97.0 Å². The maximum atomic E-state index is 5.48. The SMILES string of the molecule is Cc1cnc(C(C)NCCN2CCCC2)o1. The van der Waals surface area contributed by atoms with E-state index in [-0.39, 0.29) is 6.04 Å². The maximum absolute atomic E-state index is 5.48. The Morgan fingerprint density at radius 3 is 2.88 bits per heavy atom. The molecular weight excluding hydrogens is 202 g/mol. The van der Waals surface area contributed by atoms with Crippen molar-refractivity contribution in [2.24, 2.45) is 0 Å². The molecule has 1 aliphatic heterocycles. The molecule has 0 saturated carbocycles. The zero-order valence-corrected chi connectivity index (χ0v) is 10.2. The first-order valence-corrected chi connectivity index (χ1v) is 6.14. The summed E-state index contributed by atoms with van der Waals surface area (Å²) in [4.78, 5) is 6.72. The summed E-state index contributed by atoms with van der Waals surface area (Å²) in [6, 6.07) is 0.205. The number of oxazole rings is 1. The van der Waals surface area contributed by atoms with Gasteiger partial charge >= 0.3 is 0 Å². The monoisotopic (exact) mass is 223 g/mol. The van der Waals surface area contributed by atoms with Crippen LogP contribution in [0.15, 0.2) is 10.6 Å². The molecule has 1 unspecified atom stereocenters. The fraction of sp³-hybridized carbons (Fsp3) is 0.750. The summed E-state index contributed by atoms with van der Waals surface area (Å²) < 4.78 is 5.48. The highest BCUT2D eigenvalue weighted by Crippen LogP contribution is 2.11. The third-order valence-electron chi connectivity index (χ3n) is 3.09. The van der Waals surface area contributed by atoms with E-state index in [0.717, 1.165) is 24.7 Å². The predicted molar refractivity (Wildman–Crippen MR) is 63.3 cm³/mol. The van der Waals surface area contributed by atoms with Gasteiger partial charge in [-0.05, 0) is 39.8 Å². The summed E-state index contributed by atoms with van der Waals surface area (Å²) in [5.74, 6) is 1.67. The van der Waals surface area contributed by atoms with E-state index >= 15 is 0 Å². The second-order valence-electron chi connectivity index (χ2n) is 4.53. The number of hydrogen-bond acceptors (Lipinski definition) is 4. The lowest BCUT2D eigenvalue weighted by atomic mass is 10.3. The highest BCUT2D eigenvalue weighted by Gasteiger charge is 2.13. The van der Waals surface area contributed by atoms with Gasteiger partial charge in [0.05, 0.1) is 12.2 Å². The van der Waals surface area contributed by atoms with Crippen LogP contribution >= 0.6 is 0 Å². The molecule has 2 heterocycles. The van der Waals surface area contributed by atoms with Gasteiger partial charge in [0.1, 0.15) is 5.76 Å². The Morgan fingerprint density at radius 2 is 2.25 bits per heavy atom. The van der Waals surface area contributed by atoms with Crippen LogP contribution in [0.25, 0.3) is 0 Å². The van der Waals surface area contributed by atoms with E-state index in [1.54, 1.807) is 6.20 Å². The minimum atomic E-state index is 0.205. The first kappa shape index (κ1) is 11.6. The van der Waals surface area contributed by atoms with E-state index in [4.69, 9.17) is 4.42 Å². The van der Waals surface area contributed by atoms with Crippen LogP contribution in [0, 0.1) is 6.92 Å². The molecule has 0 bridgehead atoms. The zero-order valence-electron chi connectivity index (χ0n) is 10.2. The fourth-order valence-electron chi connectivity index (χ4n) is 2.11. The van der Waals surface area contributed by atoms with Crippen LogP contribution in [-0.4, -0.2) is 36.1 Å². The van der Waals surface area contributed by atoms with Crippen molar-refractivity contribution in [3.8, 4) is 0 Å². The van der Waals surface area contributed by atoms with Crippen molar-refractivity contribution in [1.29, 1.82) is 0 Å². The number of hydrogen-bond donors (Lipinski definition) is 1. The van der Waals surface area contributed by atoms with Crippen LogP contribution in [0.4, 0.5) is 0 Å². The number of rotatable bonds is 5. The van der Waals surface area contributed by atoms with Crippen molar-refractivity contribution in [2.75, 3.05) is 26.2 Å². The van der Waals surface area contributed by atoms with Crippen LogP contribution in [0.1, 0.15) is 37.5 Å². The van der Waals surface area contributed by atoms with Crippen LogP contribution in [-0.2, 0) is 0 Å². The molecule has 1 N–H and O–H groups in total. The van der Waals surface area contributed by atoms with Gasteiger partial charge in [0.15, 0.2) is 0 Å². The molecule has 4 nitrogen and oxygen atoms in total. The molecular formula is C12H21N3O. The topological polar surface area (TPSA) is 41.3 Å². The molecule has 16 heavy (non-hydrogen) atoms. The molecule has 0 radical (unpaired) electrons. The molecule has 0 amide bonds. The standard InChI is InChI=1S/C12H21N3O/c1-10-9-14-12(16-10)11(2)13-5-8-15-6-3-4-7-15/h9,11,13H,3-8H2,1-2H3. The molecule has 0 aliphatic carbocycles. The van der Waals surface area contributed by atoms with Crippen LogP contribution in [0.5, 0.6) is 0 Å². The minimum Gasteiger partial charge on any atom is -0.444 e. The van der Waals surface area contributed by atoms with Gasteiger partial charge in [0.2, 0.25) is 5.89 Å². The lowest BCUT2D eigenvalue weighted by Crippen LogP contribution is -2.31. The Morgan fingerprint density at radius 1 is 1.50 bits per heavy atom. The molecule has 1 atom stereocenters. The van der Waals surface area contributed by atoms with Crippen molar-refractivity contribution in [3.05, 3.63) is 17.8 Å². The second kappa shape index (κ2) is 5.46. The summed E-state index contributed by atoms with van der Waals surface area (Å²) >= 11 is 0. The quantitative estimate of drug-likeness (QED) is 0.825. The van der Waals surface area contributed by atoms with Crippen LogP contribution in [0.2, 0.25) is 0 Å². The molecule has 1 aromatic rings. The van der Waals surface area contributed by atoms with Gasteiger partial charge in [-0.2, -0.15) is 0 Å². The summed E-state index contributed by atoms with van der Waals surface area (Å²) in [6.07, 6.45) is 4.48. The lowest BCUT2D eigenvalue weighted by molar-refractivity contribution is 0.320. The van der Waals surface area contributed by atoms with Gasteiger partial charge < -0.3 is 14.6 Å². The van der Waals surface area contributed by atoms with Crippen LogP contribution in [0.3, 0.4) is 0 Å². The van der Waals surface area contributed by atoms with Gasteiger partial charge in [-0.25, -0.2) is 4.98 Å². The normalized spacial score (nSPS) is 19.1. The van der Waals surface area contributed by atoms with Crippen molar-refractivity contribution >= 4 is 0 Å². The lowest BCUT2D eigenvalue weighted by Gasteiger charge is -2.16. The Balaban J connectivity index is 1.69. The number of likely N-dealkylation sites (tertiary alicyclic amines) is 1. The Hall–Kier alpha value is -0.870. The van der Waals surface area contributed by atoms with Crippen molar-refractivity contribution in [3.63, 3.8) is 0 Å². The van der Waals surface area contributed by atoms with E-state index in [0.29, 0.717) is 0 Å². The third kappa shape index (κ3) is 3.06. The molecule has 90 valence electrons. The molecule has 1 fully saturated rings. The maximum Gasteiger partial charge on any atom is 0.211 e. The Bertz CT molecular complexity index is 318. The molecule has 1 aromatic heterocycles. The van der Waals surface area contributed by atoms with Crippen LogP contribution < -0.4 is 5.32 Å². The van der Waals surface area contributed by atoms with E-state index in [2.05, 4.69) is 22.1 Å². The average Bonchev–Trinajstić information content (AvgIpc) is 2.89. The zero-order chi connectivity index (χ0) is 11.4. The molecule has 1 aliphatic rings. The highest BCUT2D eigenvalue weighted by molar-refractivity contribution is 4.94. The average molecular weight is 223 g/mol. The van der Waals surface area contributed by atoms with E-state index in [1.807, 2.05) is 6.92 Å². The Kier molecular flexibility index (Phi) is 3.96. The minimum absolute atomic E-state index is 0.205. The third-order valence-corrected chi connectivity index (χ3v) is 3.09. The van der Waals surface area contributed by atoms with E-state index in [1.165, 1.54) is 25.9 Å². The van der Waals surface area contributed by atoms with Crippen molar-refractivity contribution in [1.82, 2.24) is 15.2 Å².